The molecule has 2 N–H and O–H groups in total. The first-order valence-electron chi connectivity index (χ1n) is 8.27. The minimum Gasteiger partial charge on any atom is -0.396 e. The third-order valence-electron chi connectivity index (χ3n) is 4.12. The minimum atomic E-state index is -0.148. The van der Waals surface area contributed by atoms with E-state index in [1.54, 1.807) is 16.9 Å². The first kappa shape index (κ1) is 18.5. The average Bonchev–Trinajstić information content (AvgIpc) is 2.95. The third-order valence-corrected chi connectivity index (χ3v) is 4.44. The standard InChI is InChI=1S/C18H24ClN3O2/c1-3-6-14(9-10-23)11-20-18(24)15-12-21-22(13(15)2)17-8-5-4-7-16(17)19/h4-5,7-8,12,14,23H,3,6,9-11H2,1-2H3,(H,20,24). The molecule has 130 valence electrons. The summed E-state index contributed by atoms with van der Waals surface area (Å²) in [5.41, 5.74) is 2.03. The van der Waals surface area contributed by atoms with Crippen molar-refractivity contribution < 1.29 is 9.90 Å². The quantitative estimate of drug-likeness (QED) is 0.767. The van der Waals surface area contributed by atoms with Gasteiger partial charge in [-0.15, -0.1) is 0 Å². The summed E-state index contributed by atoms with van der Waals surface area (Å²) < 4.78 is 1.68. The third kappa shape index (κ3) is 4.36. The Labute approximate surface area is 147 Å². The van der Waals surface area contributed by atoms with Gasteiger partial charge in [0.25, 0.3) is 5.91 Å². The molecule has 1 amide bonds. The van der Waals surface area contributed by atoms with Crippen LogP contribution in [0.4, 0.5) is 0 Å². The first-order chi connectivity index (χ1) is 11.6. The van der Waals surface area contributed by atoms with Crippen LogP contribution in [0.2, 0.25) is 5.02 Å². The van der Waals surface area contributed by atoms with E-state index in [-0.39, 0.29) is 12.5 Å². The Balaban J connectivity index is 2.10. The molecular formula is C18H24ClN3O2. The summed E-state index contributed by atoms with van der Waals surface area (Å²) >= 11 is 6.21. The van der Waals surface area contributed by atoms with Gasteiger partial charge in [0.15, 0.2) is 0 Å². The fraction of sp³-hybridized carbons (Fsp3) is 0.444. The molecule has 0 bridgehead atoms. The van der Waals surface area contributed by atoms with Crippen molar-refractivity contribution in [2.75, 3.05) is 13.2 Å². The molecule has 0 radical (unpaired) electrons. The van der Waals surface area contributed by atoms with E-state index in [0.29, 0.717) is 29.5 Å². The fourth-order valence-corrected chi connectivity index (χ4v) is 2.99. The van der Waals surface area contributed by atoms with Crippen molar-refractivity contribution >= 4 is 17.5 Å². The zero-order valence-electron chi connectivity index (χ0n) is 14.1. The molecule has 0 aliphatic rings. The number of carbonyl (C=O) groups is 1. The summed E-state index contributed by atoms with van der Waals surface area (Å²) in [5.74, 6) is 0.146. The molecule has 1 unspecified atom stereocenters. The van der Waals surface area contributed by atoms with Crippen molar-refractivity contribution in [2.24, 2.45) is 5.92 Å². The van der Waals surface area contributed by atoms with Crippen LogP contribution in [-0.4, -0.2) is 33.9 Å². The maximum absolute atomic E-state index is 12.4. The van der Waals surface area contributed by atoms with E-state index in [1.807, 2.05) is 25.1 Å². The summed E-state index contributed by atoms with van der Waals surface area (Å²) in [6.45, 7) is 4.65. The number of aromatic nitrogens is 2. The molecule has 0 spiro atoms. The molecule has 0 aliphatic heterocycles. The van der Waals surface area contributed by atoms with E-state index in [1.165, 1.54) is 0 Å². The molecule has 6 heteroatoms. The highest BCUT2D eigenvalue weighted by molar-refractivity contribution is 6.32. The van der Waals surface area contributed by atoms with Gasteiger partial charge in [-0.2, -0.15) is 5.10 Å². The van der Waals surface area contributed by atoms with Crippen LogP contribution in [0, 0.1) is 12.8 Å². The van der Waals surface area contributed by atoms with Crippen molar-refractivity contribution in [3.05, 3.63) is 46.7 Å². The number of carbonyl (C=O) groups excluding carboxylic acids is 1. The summed E-state index contributed by atoms with van der Waals surface area (Å²) in [6, 6.07) is 7.39. The molecule has 1 heterocycles. The van der Waals surface area contributed by atoms with E-state index < -0.39 is 0 Å². The van der Waals surface area contributed by atoms with E-state index in [0.717, 1.165) is 24.2 Å². The number of aliphatic hydroxyl groups excluding tert-OH is 1. The van der Waals surface area contributed by atoms with Crippen LogP contribution >= 0.6 is 11.6 Å². The van der Waals surface area contributed by atoms with Crippen LogP contribution in [-0.2, 0) is 0 Å². The number of amides is 1. The van der Waals surface area contributed by atoms with Crippen molar-refractivity contribution in [1.29, 1.82) is 0 Å². The molecule has 1 aromatic heterocycles. The summed E-state index contributed by atoms with van der Waals surface area (Å²) in [6.07, 6.45) is 4.28. The topological polar surface area (TPSA) is 67.2 Å². The molecule has 1 atom stereocenters. The summed E-state index contributed by atoms with van der Waals surface area (Å²) in [7, 11) is 0. The van der Waals surface area contributed by atoms with Crippen LogP contribution in [0.25, 0.3) is 5.69 Å². The first-order valence-corrected chi connectivity index (χ1v) is 8.64. The Hall–Kier alpha value is -1.85. The minimum absolute atomic E-state index is 0.143. The molecule has 2 rings (SSSR count). The second kappa shape index (κ2) is 8.85. The van der Waals surface area contributed by atoms with E-state index in [2.05, 4.69) is 17.3 Å². The van der Waals surface area contributed by atoms with Crippen LogP contribution in [0.3, 0.4) is 0 Å². The lowest BCUT2D eigenvalue weighted by Crippen LogP contribution is -2.30. The number of nitrogens with one attached hydrogen (secondary N) is 1. The number of benzene rings is 1. The van der Waals surface area contributed by atoms with Gasteiger partial charge in [-0.25, -0.2) is 4.68 Å². The molecule has 1 aromatic carbocycles. The lowest BCUT2D eigenvalue weighted by Gasteiger charge is -2.15. The Bertz CT molecular complexity index is 679. The van der Waals surface area contributed by atoms with Gasteiger partial charge in [0.2, 0.25) is 0 Å². The molecule has 2 aromatic rings. The number of hydrogen-bond acceptors (Lipinski definition) is 3. The molecule has 0 fully saturated rings. The monoisotopic (exact) mass is 349 g/mol. The Kier molecular flexibility index (Phi) is 6.82. The normalized spacial score (nSPS) is 12.2. The van der Waals surface area contributed by atoms with Crippen LogP contribution in [0.5, 0.6) is 0 Å². The highest BCUT2D eigenvalue weighted by atomic mass is 35.5. The number of hydrogen-bond donors (Lipinski definition) is 2. The summed E-state index contributed by atoms with van der Waals surface area (Å²) in [5, 5.41) is 16.9. The average molecular weight is 350 g/mol. The predicted molar refractivity (Wildman–Crippen MR) is 95.7 cm³/mol. The zero-order chi connectivity index (χ0) is 17.5. The highest BCUT2D eigenvalue weighted by Crippen LogP contribution is 2.22. The van der Waals surface area contributed by atoms with Crippen molar-refractivity contribution in [1.82, 2.24) is 15.1 Å². The SMILES string of the molecule is CCCC(CCO)CNC(=O)c1cnn(-c2ccccc2Cl)c1C. The van der Waals surface area contributed by atoms with Gasteiger partial charge in [-0.1, -0.05) is 37.1 Å². The molecule has 24 heavy (non-hydrogen) atoms. The van der Waals surface area contributed by atoms with Gasteiger partial charge >= 0.3 is 0 Å². The van der Waals surface area contributed by atoms with Gasteiger partial charge in [0, 0.05) is 13.2 Å². The Morgan fingerprint density at radius 3 is 2.79 bits per heavy atom. The Morgan fingerprint density at radius 2 is 2.12 bits per heavy atom. The van der Waals surface area contributed by atoms with E-state index in [4.69, 9.17) is 16.7 Å². The highest BCUT2D eigenvalue weighted by Gasteiger charge is 2.17. The fourth-order valence-electron chi connectivity index (χ4n) is 2.77. The maximum Gasteiger partial charge on any atom is 0.254 e. The molecule has 0 saturated carbocycles. The summed E-state index contributed by atoms with van der Waals surface area (Å²) in [4.78, 5) is 12.4. The van der Waals surface area contributed by atoms with Crippen LogP contribution < -0.4 is 5.32 Å². The number of halogens is 1. The van der Waals surface area contributed by atoms with Gasteiger partial charge in [-0.3, -0.25) is 4.79 Å². The van der Waals surface area contributed by atoms with Crippen LogP contribution in [0.1, 0.15) is 42.2 Å². The van der Waals surface area contributed by atoms with Gasteiger partial charge in [0.1, 0.15) is 0 Å². The number of aliphatic hydroxyl groups is 1. The lowest BCUT2D eigenvalue weighted by atomic mass is 10.00. The second-order valence-corrected chi connectivity index (χ2v) is 6.29. The number of rotatable bonds is 8. The lowest BCUT2D eigenvalue weighted by molar-refractivity contribution is 0.0942. The van der Waals surface area contributed by atoms with Crippen molar-refractivity contribution in [3.63, 3.8) is 0 Å². The van der Waals surface area contributed by atoms with E-state index in [9.17, 15) is 4.79 Å². The molecular weight excluding hydrogens is 326 g/mol. The molecule has 0 aliphatic carbocycles. The van der Waals surface area contributed by atoms with Crippen molar-refractivity contribution in [2.45, 2.75) is 33.1 Å². The van der Waals surface area contributed by atoms with Gasteiger partial charge < -0.3 is 10.4 Å². The number of nitrogens with zero attached hydrogens (tertiary/aromatic N) is 2. The predicted octanol–water partition coefficient (Wildman–Crippen LogP) is 3.36. The van der Waals surface area contributed by atoms with Gasteiger partial charge in [0.05, 0.1) is 28.2 Å². The van der Waals surface area contributed by atoms with Crippen molar-refractivity contribution in [3.8, 4) is 5.69 Å². The maximum atomic E-state index is 12.4. The molecule has 0 saturated heterocycles. The second-order valence-electron chi connectivity index (χ2n) is 5.88. The smallest absolute Gasteiger partial charge is 0.254 e. The number of para-hydroxylation sites is 1. The van der Waals surface area contributed by atoms with Crippen LogP contribution in [0.15, 0.2) is 30.5 Å². The largest absolute Gasteiger partial charge is 0.396 e. The van der Waals surface area contributed by atoms with E-state index >= 15 is 0 Å². The Morgan fingerprint density at radius 1 is 1.38 bits per heavy atom. The van der Waals surface area contributed by atoms with Gasteiger partial charge in [-0.05, 0) is 37.8 Å². The molecule has 5 nitrogen and oxygen atoms in total. The zero-order valence-corrected chi connectivity index (χ0v) is 14.9.